The predicted molar refractivity (Wildman–Crippen MR) is 83.3 cm³/mol. The summed E-state index contributed by atoms with van der Waals surface area (Å²) < 4.78 is 0. The van der Waals surface area contributed by atoms with Crippen LogP contribution in [-0.2, 0) is 0 Å². The molecule has 106 valence electrons. The van der Waals surface area contributed by atoms with E-state index in [-0.39, 0.29) is 0 Å². The number of hydrogen-bond acceptors (Lipinski definition) is 2. The van der Waals surface area contributed by atoms with E-state index in [0.29, 0.717) is 0 Å². The van der Waals surface area contributed by atoms with E-state index < -0.39 is 0 Å². The van der Waals surface area contributed by atoms with Crippen LogP contribution in [0.25, 0.3) is 0 Å². The van der Waals surface area contributed by atoms with E-state index in [9.17, 15) is 0 Å². The number of hydrogen-bond donors (Lipinski definition) is 1. The van der Waals surface area contributed by atoms with Gasteiger partial charge in [-0.3, -0.25) is 0 Å². The second kappa shape index (κ2) is 7.79. The maximum atomic E-state index is 3.97. The maximum absolute atomic E-state index is 3.97. The van der Waals surface area contributed by atoms with Crippen LogP contribution in [0.15, 0.2) is 0 Å². The van der Waals surface area contributed by atoms with Crippen molar-refractivity contribution in [3.05, 3.63) is 0 Å². The third kappa shape index (κ3) is 4.45. The molecule has 0 aromatic heterocycles. The Bertz CT molecular complexity index is 223. The van der Waals surface area contributed by atoms with E-state index in [0.717, 1.165) is 23.3 Å². The fourth-order valence-corrected chi connectivity index (χ4v) is 4.70. The largest absolute Gasteiger partial charge is 0.311 e. The lowest BCUT2D eigenvalue weighted by Gasteiger charge is -2.35. The van der Waals surface area contributed by atoms with Gasteiger partial charge in [-0.2, -0.15) is 11.8 Å². The molecule has 0 heterocycles. The molecule has 0 radical (unpaired) electrons. The molecule has 2 unspecified atom stereocenters. The minimum Gasteiger partial charge on any atom is -0.311 e. The zero-order valence-electron chi connectivity index (χ0n) is 12.3. The lowest BCUT2D eigenvalue weighted by molar-refractivity contribution is 0.245. The van der Waals surface area contributed by atoms with Crippen LogP contribution in [0.2, 0.25) is 0 Å². The van der Waals surface area contributed by atoms with Crippen LogP contribution in [0.1, 0.15) is 71.1 Å². The van der Waals surface area contributed by atoms with Crippen molar-refractivity contribution in [3.8, 4) is 0 Å². The predicted octanol–water partition coefficient (Wildman–Crippen LogP) is 4.61. The topological polar surface area (TPSA) is 12.0 Å². The van der Waals surface area contributed by atoms with Gasteiger partial charge < -0.3 is 5.32 Å². The van der Waals surface area contributed by atoms with Crippen LogP contribution in [0.3, 0.4) is 0 Å². The number of thioether (sulfide) groups is 1. The smallest absolute Gasteiger partial charge is 0.00801 e. The first-order valence-electron chi connectivity index (χ1n) is 8.10. The highest BCUT2D eigenvalue weighted by Crippen LogP contribution is 2.31. The first-order valence-corrected chi connectivity index (χ1v) is 9.39. The minimum atomic E-state index is 0.823. The Morgan fingerprint density at radius 3 is 2.44 bits per heavy atom. The van der Waals surface area contributed by atoms with Gasteiger partial charge in [-0.1, -0.05) is 26.2 Å². The van der Waals surface area contributed by atoms with Crippen LogP contribution >= 0.6 is 11.8 Å². The molecule has 2 saturated carbocycles. The van der Waals surface area contributed by atoms with Crippen LogP contribution in [-0.4, -0.2) is 23.6 Å². The Morgan fingerprint density at radius 1 is 1.00 bits per heavy atom. The van der Waals surface area contributed by atoms with Gasteiger partial charge in [0.25, 0.3) is 0 Å². The van der Waals surface area contributed by atoms with Gasteiger partial charge in [-0.25, -0.2) is 0 Å². The van der Waals surface area contributed by atoms with E-state index in [1.807, 2.05) is 0 Å². The molecule has 0 aliphatic heterocycles. The van der Waals surface area contributed by atoms with E-state index in [1.54, 1.807) is 0 Å². The quantitative estimate of drug-likeness (QED) is 0.782. The zero-order chi connectivity index (χ0) is 12.8. The molecule has 0 aromatic rings. The Balaban J connectivity index is 1.67. The molecule has 2 aliphatic carbocycles. The van der Waals surface area contributed by atoms with Crippen LogP contribution in [0.4, 0.5) is 0 Å². The SMILES string of the molecule is CCCC1CCC(NC2CCCC(SC)C2)CC1. The summed E-state index contributed by atoms with van der Waals surface area (Å²) >= 11 is 2.08. The Labute approximate surface area is 118 Å². The van der Waals surface area contributed by atoms with Gasteiger partial charge in [0.1, 0.15) is 0 Å². The molecule has 2 rings (SSSR count). The van der Waals surface area contributed by atoms with Crippen molar-refractivity contribution < 1.29 is 0 Å². The lowest BCUT2D eigenvalue weighted by atomic mass is 9.82. The van der Waals surface area contributed by atoms with Crippen molar-refractivity contribution in [1.82, 2.24) is 5.32 Å². The van der Waals surface area contributed by atoms with Crippen LogP contribution < -0.4 is 5.32 Å². The molecule has 1 N–H and O–H groups in total. The van der Waals surface area contributed by atoms with E-state index >= 15 is 0 Å². The second-order valence-corrected chi connectivity index (χ2v) is 7.53. The van der Waals surface area contributed by atoms with Crippen molar-refractivity contribution in [2.24, 2.45) is 5.92 Å². The fourth-order valence-electron chi connectivity index (χ4n) is 3.87. The van der Waals surface area contributed by atoms with Gasteiger partial charge in [-0.05, 0) is 57.1 Å². The van der Waals surface area contributed by atoms with Crippen LogP contribution in [0, 0.1) is 5.92 Å². The standard InChI is InChI=1S/C16H31NS/c1-3-5-13-8-10-14(11-9-13)17-15-6-4-7-16(12-15)18-2/h13-17H,3-12H2,1-2H3. The summed E-state index contributed by atoms with van der Waals surface area (Å²) in [4.78, 5) is 0. The van der Waals surface area contributed by atoms with Gasteiger partial charge in [0, 0.05) is 17.3 Å². The normalized spacial score (nSPS) is 37.7. The summed E-state index contributed by atoms with van der Waals surface area (Å²) in [5.74, 6) is 1.04. The van der Waals surface area contributed by atoms with Gasteiger partial charge in [-0.15, -0.1) is 0 Å². The summed E-state index contributed by atoms with van der Waals surface area (Å²) in [5, 5.41) is 4.90. The first kappa shape index (κ1) is 14.7. The Morgan fingerprint density at radius 2 is 1.78 bits per heavy atom. The maximum Gasteiger partial charge on any atom is 0.00801 e. The molecule has 18 heavy (non-hydrogen) atoms. The minimum absolute atomic E-state index is 0.823. The second-order valence-electron chi connectivity index (χ2n) is 6.39. The third-order valence-electron chi connectivity index (χ3n) is 4.97. The molecule has 0 amide bonds. The van der Waals surface area contributed by atoms with Gasteiger partial charge in [0.2, 0.25) is 0 Å². The van der Waals surface area contributed by atoms with Crippen LogP contribution in [0.5, 0.6) is 0 Å². The van der Waals surface area contributed by atoms with E-state index in [2.05, 4.69) is 30.3 Å². The molecular weight excluding hydrogens is 238 g/mol. The summed E-state index contributed by atoms with van der Waals surface area (Å²) in [6.45, 7) is 2.33. The molecule has 0 bridgehead atoms. The van der Waals surface area contributed by atoms with E-state index in [1.165, 1.54) is 64.2 Å². The van der Waals surface area contributed by atoms with Crippen molar-refractivity contribution >= 4 is 11.8 Å². The average Bonchev–Trinajstić information content (AvgIpc) is 2.42. The summed E-state index contributed by atoms with van der Waals surface area (Å²) in [6.07, 6.45) is 16.7. The Hall–Kier alpha value is 0.310. The molecule has 1 nitrogen and oxygen atoms in total. The molecule has 0 spiro atoms. The van der Waals surface area contributed by atoms with E-state index in [4.69, 9.17) is 0 Å². The first-order chi connectivity index (χ1) is 8.81. The van der Waals surface area contributed by atoms with Gasteiger partial charge >= 0.3 is 0 Å². The summed E-state index contributed by atoms with van der Waals surface area (Å²) in [6, 6.07) is 1.66. The molecule has 2 fully saturated rings. The fraction of sp³-hybridized carbons (Fsp3) is 1.00. The van der Waals surface area contributed by atoms with Crippen molar-refractivity contribution in [2.45, 2.75) is 88.5 Å². The lowest BCUT2D eigenvalue weighted by Crippen LogP contribution is -2.43. The average molecular weight is 269 g/mol. The monoisotopic (exact) mass is 269 g/mol. The molecule has 0 aromatic carbocycles. The number of rotatable bonds is 5. The van der Waals surface area contributed by atoms with Gasteiger partial charge in [0.15, 0.2) is 0 Å². The molecular formula is C16H31NS. The highest BCUT2D eigenvalue weighted by Gasteiger charge is 2.26. The summed E-state index contributed by atoms with van der Waals surface area (Å²) in [5.41, 5.74) is 0. The number of nitrogens with one attached hydrogen (secondary N) is 1. The molecule has 2 aliphatic rings. The van der Waals surface area contributed by atoms with Gasteiger partial charge in [0.05, 0.1) is 0 Å². The van der Waals surface area contributed by atoms with Crippen molar-refractivity contribution in [1.29, 1.82) is 0 Å². The van der Waals surface area contributed by atoms with Crippen molar-refractivity contribution in [2.75, 3.05) is 6.26 Å². The molecule has 2 heteroatoms. The summed E-state index contributed by atoms with van der Waals surface area (Å²) in [7, 11) is 0. The highest BCUT2D eigenvalue weighted by atomic mass is 32.2. The highest BCUT2D eigenvalue weighted by molar-refractivity contribution is 7.99. The van der Waals surface area contributed by atoms with Crippen molar-refractivity contribution in [3.63, 3.8) is 0 Å². The third-order valence-corrected chi connectivity index (χ3v) is 6.07. The molecule has 2 atom stereocenters. The molecule has 0 saturated heterocycles. The Kier molecular flexibility index (Phi) is 6.37. The zero-order valence-corrected chi connectivity index (χ0v) is 13.1.